The molecule has 0 aliphatic carbocycles. The molecule has 0 saturated heterocycles. The monoisotopic (exact) mass is 690 g/mol. The van der Waals surface area contributed by atoms with Crippen LogP contribution in [0.15, 0.2) is 24.3 Å². The maximum Gasteiger partial charge on any atom is 0.276 e. The number of nitrogens with one attached hydrogen (secondary N) is 2. The molecule has 0 aromatic carbocycles. The number of thiophene rings is 2. The summed E-state index contributed by atoms with van der Waals surface area (Å²) < 4.78 is 6.97. The number of carbonyl (C=O) groups is 4. The van der Waals surface area contributed by atoms with Crippen LogP contribution in [0.25, 0.3) is 20.7 Å². The van der Waals surface area contributed by atoms with Gasteiger partial charge in [0, 0.05) is 26.2 Å². The number of anilines is 2. The Bertz CT molecular complexity index is 2060. The van der Waals surface area contributed by atoms with Crippen molar-refractivity contribution in [3.8, 4) is 0 Å². The molecule has 18 heteroatoms. The van der Waals surface area contributed by atoms with Gasteiger partial charge in [-0.05, 0) is 64.8 Å². The van der Waals surface area contributed by atoms with Crippen molar-refractivity contribution in [1.29, 1.82) is 0 Å². The van der Waals surface area contributed by atoms with Crippen LogP contribution in [-0.4, -0.2) is 62.3 Å². The number of carbonyl (C=O) groups excluding carboxylic acids is 4. The van der Waals surface area contributed by atoms with Crippen molar-refractivity contribution in [1.82, 2.24) is 38.7 Å². The second-order valence-corrected chi connectivity index (χ2v) is 13.2. The summed E-state index contributed by atoms with van der Waals surface area (Å²) in [5, 5.41) is 14.6. The molecule has 0 atom stereocenters. The number of rotatable bonds is 13. The lowest BCUT2D eigenvalue weighted by molar-refractivity contribution is 0.0995. The third kappa shape index (κ3) is 6.18. The smallest absolute Gasteiger partial charge is 0.276 e. The van der Waals surface area contributed by atoms with Gasteiger partial charge in [-0.25, -0.2) is 9.97 Å². The Balaban J connectivity index is 1.24. The van der Waals surface area contributed by atoms with Crippen molar-refractivity contribution in [3.05, 3.63) is 56.8 Å². The number of aromatic nitrogens is 8. The van der Waals surface area contributed by atoms with Crippen LogP contribution in [0.1, 0.15) is 78.4 Å². The number of primary amides is 2. The molecule has 0 bridgehead atoms. The van der Waals surface area contributed by atoms with Crippen molar-refractivity contribution >= 4 is 78.9 Å². The molecule has 16 nitrogen and oxygen atoms in total. The Labute approximate surface area is 281 Å². The van der Waals surface area contributed by atoms with Crippen molar-refractivity contribution < 1.29 is 19.2 Å². The van der Waals surface area contributed by atoms with E-state index in [2.05, 4.69) is 30.8 Å². The van der Waals surface area contributed by atoms with Gasteiger partial charge in [-0.1, -0.05) is 0 Å². The first kappa shape index (κ1) is 32.6. The van der Waals surface area contributed by atoms with Crippen LogP contribution in [0.3, 0.4) is 0 Å². The molecule has 0 aliphatic heterocycles. The number of nitrogens with two attached hydrogens (primary N) is 2. The summed E-state index contributed by atoms with van der Waals surface area (Å²) in [6, 6.07) is 6.66. The van der Waals surface area contributed by atoms with Crippen LogP contribution in [0, 0.1) is 13.8 Å². The van der Waals surface area contributed by atoms with Gasteiger partial charge in [-0.15, -0.1) is 22.7 Å². The second kappa shape index (κ2) is 13.0. The quantitative estimate of drug-likeness (QED) is 0.131. The molecular formula is C30H34N12O4S2. The standard InChI is InChI=1S/C30H34N12O4S2/c1-5-41-19(11-15(3)37-41)25(45)35-29-33-17-13-21(23(31)43)47-27(17)39(29)9-7-8-10-40-28-18(14-22(48-28)24(32)44)34-30(40)36-26(46)20-12-16(4)38-42(20)6-2/h11-14H,5-10H2,1-4H3,(H2,31,43)(H2,32,44)(H,33,35,45)(H,34,36,46). The summed E-state index contributed by atoms with van der Waals surface area (Å²) in [7, 11) is 0. The summed E-state index contributed by atoms with van der Waals surface area (Å²) in [4.78, 5) is 61.8. The maximum absolute atomic E-state index is 13.3. The minimum Gasteiger partial charge on any atom is -0.365 e. The Kier molecular flexibility index (Phi) is 8.85. The molecule has 0 aliphatic rings. The minimum atomic E-state index is -0.556. The predicted molar refractivity (Wildman–Crippen MR) is 183 cm³/mol. The van der Waals surface area contributed by atoms with Crippen LogP contribution >= 0.6 is 22.7 Å². The van der Waals surface area contributed by atoms with Gasteiger partial charge in [0.1, 0.15) is 32.1 Å². The Morgan fingerprint density at radius 3 is 1.44 bits per heavy atom. The minimum absolute atomic E-state index is 0.337. The third-order valence-corrected chi connectivity index (χ3v) is 9.98. The highest BCUT2D eigenvalue weighted by Crippen LogP contribution is 2.31. The van der Waals surface area contributed by atoms with Crippen LogP contribution < -0.4 is 22.1 Å². The average Bonchev–Trinajstić information content (AvgIpc) is 3.87. The highest BCUT2D eigenvalue weighted by Gasteiger charge is 2.23. The highest BCUT2D eigenvalue weighted by molar-refractivity contribution is 7.20. The molecule has 0 unspecified atom stereocenters. The normalized spacial score (nSPS) is 11.5. The summed E-state index contributed by atoms with van der Waals surface area (Å²) in [6.45, 7) is 9.40. The Morgan fingerprint density at radius 1 is 0.688 bits per heavy atom. The second-order valence-electron chi connectivity index (χ2n) is 11.1. The molecule has 0 radical (unpaired) electrons. The molecule has 6 N–H and O–H groups in total. The summed E-state index contributed by atoms with van der Waals surface area (Å²) in [5.74, 6) is -1.14. The predicted octanol–water partition coefficient (Wildman–Crippen LogP) is 3.74. The molecule has 4 amide bonds. The van der Waals surface area contributed by atoms with Gasteiger partial charge in [0.15, 0.2) is 0 Å². The number of fused-ring (bicyclic) bond motifs is 2. The van der Waals surface area contributed by atoms with E-state index < -0.39 is 11.8 Å². The van der Waals surface area contributed by atoms with Gasteiger partial charge in [0.05, 0.1) is 21.1 Å². The van der Waals surface area contributed by atoms with Crippen molar-refractivity contribution in [3.63, 3.8) is 0 Å². The van der Waals surface area contributed by atoms with Gasteiger partial charge in [0.25, 0.3) is 23.6 Å². The summed E-state index contributed by atoms with van der Waals surface area (Å²) in [6.07, 6.45) is 1.24. The van der Waals surface area contributed by atoms with Crippen LogP contribution in [-0.2, 0) is 26.2 Å². The van der Waals surface area contributed by atoms with E-state index in [0.29, 0.717) is 92.8 Å². The fraction of sp³-hybridized carbons (Fsp3) is 0.333. The number of unbranched alkanes of at least 4 members (excludes halogenated alkanes) is 1. The van der Waals surface area contributed by atoms with Gasteiger partial charge >= 0.3 is 0 Å². The number of aryl methyl sites for hydroxylation is 6. The lowest BCUT2D eigenvalue weighted by Gasteiger charge is -2.12. The zero-order chi connectivity index (χ0) is 34.3. The molecule has 6 aromatic heterocycles. The summed E-state index contributed by atoms with van der Waals surface area (Å²) in [5.41, 5.74) is 14.4. The van der Waals surface area contributed by atoms with Gasteiger partial charge in [0.2, 0.25) is 11.9 Å². The number of nitrogens with zero attached hydrogens (tertiary/aromatic N) is 8. The number of hydrogen-bond acceptors (Lipinski definition) is 10. The Morgan fingerprint density at radius 2 is 1.08 bits per heavy atom. The van der Waals surface area contributed by atoms with Gasteiger partial charge in [-0.2, -0.15) is 10.2 Å². The van der Waals surface area contributed by atoms with E-state index in [4.69, 9.17) is 11.5 Å². The molecule has 0 fully saturated rings. The lowest BCUT2D eigenvalue weighted by atomic mass is 10.3. The largest absolute Gasteiger partial charge is 0.365 e. The van der Waals surface area contributed by atoms with Gasteiger partial charge in [-0.3, -0.25) is 39.2 Å². The van der Waals surface area contributed by atoms with E-state index in [-0.39, 0.29) is 11.8 Å². The zero-order valence-electron chi connectivity index (χ0n) is 26.7. The molecule has 48 heavy (non-hydrogen) atoms. The van der Waals surface area contributed by atoms with Crippen molar-refractivity contribution in [2.24, 2.45) is 11.5 Å². The Hall–Kier alpha value is -5.36. The SMILES string of the molecule is CCn1nc(C)cc1C(=O)Nc1nc2cc(C(N)=O)sc2n1CCCCn1c(NC(=O)c2cc(C)nn2CC)nc2cc(C(N)=O)sc21. The van der Waals surface area contributed by atoms with E-state index >= 15 is 0 Å². The van der Waals surface area contributed by atoms with Crippen LogP contribution in [0.2, 0.25) is 0 Å². The molecule has 0 saturated carbocycles. The van der Waals surface area contributed by atoms with Crippen molar-refractivity contribution in [2.75, 3.05) is 10.6 Å². The van der Waals surface area contributed by atoms with Crippen LogP contribution in [0.4, 0.5) is 11.9 Å². The van der Waals surface area contributed by atoms with E-state index in [1.54, 1.807) is 33.6 Å². The molecule has 6 heterocycles. The van der Waals surface area contributed by atoms with Gasteiger partial charge < -0.3 is 20.6 Å². The molecule has 0 spiro atoms. The number of amides is 4. The fourth-order valence-corrected chi connectivity index (χ4v) is 7.44. The van der Waals surface area contributed by atoms with E-state index in [1.807, 2.05) is 36.8 Å². The van der Waals surface area contributed by atoms with E-state index in [1.165, 1.54) is 22.7 Å². The average molecular weight is 691 g/mol. The highest BCUT2D eigenvalue weighted by atomic mass is 32.1. The van der Waals surface area contributed by atoms with Crippen LogP contribution in [0.5, 0.6) is 0 Å². The first-order chi connectivity index (χ1) is 23.0. The lowest BCUT2D eigenvalue weighted by Crippen LogP contribution is -2.20. The molecular weight excluding hydrogens is 657 g/mol. The number of imidazole rings is 2. The topological polar surface area (TPSA) is 216 Å². The maximum atomic E-state index is 13.3. The first-order valence-electron chi connectivity index (χ1n) is 15.3. The zero-order valence-corrected chi connectivity index (χ0v) is 28.4. The molecule has 250 valence electrons. The number of hydrogen-bond donors (Lipinski definition) is 4. The third-order valence-electron chi connectivity index (χ3n) is 7.66. The van der Waals surface area contributed by atoms with E-state index in [9.17, 15) is 19.2 Å². The van der Waals surface area contributed by atoms with E-state index in [0.717, 1.165) is 11.4 Å². The fourth-order valence-electron chi connectivity index (χ4n) is 5.49. The van der Waals surface area contributed by atoms with Crippen molar-refractivity contribution in [2.45, 2.75) is 66.7 Å². The molecule has 6 rings (SSSR count). The summed E-state index contributed by atoms with van der Waals surface area (Å²) >= 11 is 2.42. The molecule has 6 aromatic rings. The first-order valence-corrected chi connectivity index (χ1v) is 16.9.